The average Bonchev–Trinajstić information content (AvgIpc) is 3.41. The van der Waals surface area contributed by atoms with Gasteiger partial charge >= 0.3 is 0 Å². The van der Waals surface area contributed by atoms with Gasteiger partial charge < -0.3 is 20.1 Å². The maximum atomic E-state index is 12.0. The summed E-state index contributed by atoms with van der Waals surface area (Å²) in [7, 11) is 0. The van der Waals surface area contributed by atoms with Gasteiger partial charge in [0.05, 0.1) is 17.8 Å². The van der Waals surface area contributed by atoms with E-state index >= 15 is 0 Å². The molecule has 1 aliphatic heterocycles. The molecule has 0 saturated carbocycles. The van der Waals surface area contributed by atoms with E-state index in [0.29, 0.717) is 11.5 Å². The number of nitrogens with zero attached hydrogens (tertiary/aromatic N) is 3. The molecule has 194 valence electrons. The Morgan fingerprint density at radius 3 is 2.47 bits per heavy atom. The monoisotopic (exact) mass is 523 g/mol. The number of anilines is 2. The van der Waals surface area contributed by atoms with Gasteiger partial charge in [-0.25, -0.2) is 0 Å². The second-order valence-electron chi connectivity index (χ2n) is 9.80. The lowest BCUT2D eigenvalue weighted by atomic mass is 9.96. The Labute approximate surface area is 229 Å². The lowest BCUT2D eigenvalue weighted by Crippen LogP contribution is -2.29. The van der Waals surface area contributed by atoms with Crippen molar-refractivity contribution < 1.29 is 4.79 Å². The predicted octanol–water partition coefficient (Wildman–Crippen LogP) is 6.38. The minimum atomic E-state index is -0.117. The van der Waals surface area contributed by atoms with Crippen molar-refractivity contribution in [3.05, 3.63) is 113 Å². The molecular formula is C31H33N5OS. The maximum absolute atomic E-state index is 12.0. The molecule has 2 atom stereocenters. The van der Waals surface area contributed by atoms with E-state index in [4.69, 9.17) is 17.2 Å². The molecular weight excluding hydrogens is 490 g/mol. The SMILES string of the molecule is CCC(=O)Nc1ccc(N2C(=S)N[C@@H](c3ccccn3)[C@H]2c2cc(C)n(Cc3ccccc3)c2C)cc1C. The van der Waals surface area contributed by atoms with Gasteiger partial charge in [-0.3, -0.25) is 9.78 Å². The minimum Gasteiger partial charge on any atom is -0.351 e. The Hall–Kier alpha value is -3.97. The fourth-order valence-electron chi connectivity index (χ4n) is 5.26. The smallest absolute Gasteiger partial charge is 0.224 e. The molecule has 2 aromatic heterocycles. The van der Waals surface area contributed by atoms with Crippen LogP contribution in [0.4, 0.5) is 11.4 Å². The van der Waals surface area contributed by atoms with Gasteiger partial charge in [0.25, 0.3) is 0 Å². The van der Waals surface area contributed by atoms with Gasteiger partial charge in [0, 0.05) is 41.9 Å². The Morgan fingerprint density at radius 1 is 1.03 bits per heavy atom. The van der Waals surface area contributed by atoms with Crippen molar-refractivity contribution in [2.24, 2.45) is 0 Å². The van der Waals surface area contributed by atoms with Crippen molar-refractivity contribution in [2.75, 3.05) is 10.2 Å². The van der Waals surface area contributed by atoms with E-state index in [0.717, 1.165) is 29.2 Å². The quantitative estimate of drug-likeness (QED) is 0.275. The summed E-state index contributed by atoms with van der Waals surface area (Å²) in [5, 5.41) is 7.21. The molecule has 0 spiro atoms. The molecule has 38 heavy (non-hydrogen) atoms. The largest absolute Gasteiger partial charge is 0.351 e. The third-order valence-corrected chi connectivity index (χ3v) is 7.61. The minimum absolute atomic E-state index is 0.00171. The van der Waals surface area contributed by atoms with Crippen LogP contribution in [0.15, 0.2) is 79.0 Å². The highest BCUT2D eigenvalue weighted by Gasteiger charge is 2.42. The fraction of sp³-hybridized carbons (Fsp3) is 0.258. The third kappa shape index (κ3) is 4.94. The number of pyridine rings is 1. The second-order valence-corrected chi connectivity index (χ2v) is 10.2. The van der Waals surface area contributed by atoms with E-state index in [1.165, 1.54) is 22.5 Å². The molecule has 0 aliphatic carbocycles. The van der Waals surface area contributed by atoms with Gasteiger partial charge in [-0.05, 0) is 86.1 Å². The molecule has 1 fully saturated rings. The van der Waals surface area contributed by atoms with Crippen LogP contribution in [0.25, 0.3) is 0 Å². The number of hydrogen-bond donors (Lipinski definition) is 2. The molecule has 5 rings (SSSR count). The van der Waals surface area contributed by atoms with Gasteiger partial charge in [-0.15, -0.1) is 0 Å². The van der Waals surface area contributed by atoms with Crippen molar-refractivity contribution >= 4 is 34.6 Å². The second kappa shape index (κ2) is 10.8. The van der Waals surface area contributed by atoms with Crippen molar-refractivity contribution in [2.45, 2.75) is 52.7 Å². The molecule has 3 heterocycles. The van der Waals surface area contributed by atoms with E-state index in [-0.39, 0.29) is 18.0 Å². The van der Waals surface area contributed by atoms with E-state index in [9.17, 15) is 4.79 Å². The Kier molecular flexibility index (Phi) is 7.29. The number of benzene rings is 2. The van der Waals surface area contributed by atoms with Crippen LogP contribution in [0.2, 0.25) is 0 Å². The number of thiocarbonyl (C=S) groups is 1. The summed E-state index contributed by atoms with van der Waals surface area (Å²) < 4.78 is 2.37. The van der Waals surface area contributed by atoms with Crippen molar-refractivity contribution in [3.8, 4) is 0 Å². The Morgan fingerprint density at radius 2 is 1.79 bits per heavy atom. The van der Waals surface area contributed by atoms with Crippen LogP contribution in [-0.2, 0) is 11.3 Å². The first-order chi connectivity index (χ1) is 18.4. The number of carbonyl (C=O) groups is 1. The number of nitrogens with one attached hydrogen (secondary N) is 2. The zero-order valence-corrected chi connectivity index (χ0v) is 23.0. The average molecular weight is 524 g/mol. The molecule has 4 aromatic rings. The van der Waals surface area contributed by atoms with Gasteiger partial charge in [0.1, 0.15) is 0 Å². The predicted molar refractivity (Wildman–Crippen MR) is 157 cm³/mol. The van der Waals surface area contributed by atoms with Crippen LogP contribution in [0, 0.1) is 20.8 Å². The van der Waals surface area contributed by atoms with Gasteiger partial charge in [-0.1, -0.05) is 43.3 Å². The molecule has 0 unspecified atom stereocenters. The van der Waals surface area contributed by atoms with Crippen LogP contribution in [0.1, 0.15) is 59.2 Å². The summed E-state index contributed by atoms with van der Waals surface area (Å²) in [5.74, 6) is -0.00171. The van der Waals surface area contributed by atoms with Gasteiger partial charge in [-0.2, -0.15) is 0 Å². The van der Waals surface area contributed by atoms with Crippen LogP contribution in [-0.4, -0.2) is 20.6 Å². The zero-order valence-electron chi connectivity index (χ0n) is 22.2. The molecule has 0 radical (unpaired) electrons. The van der Waals surface area contributed by atoms with E-state index < -0.39 is 0 Å². The summed E-state index contributed by atoms with van der Waals surface area (Å²) in [6.45, 7) is 9.02. The van der Waals surface area contributed by atoms with E-state index in [1.807, 2.05) is 50.4 Å². The van der Waals surface area contributed by atoms with Crippen LogP contribution in [0.5, 0.6) is 0 Å². The topological polar surface area (TPSA) is 62.2 Å². The number of rotatable bonds is 7. The van der Waals surface area contributed by atoms with E-state index in [1.54, 1.807) is 0 Å². The fourth-order valence-corrected chi connectivity index (χ4v) is 5.61. The highest BCUT2D eigenvalue weighted by atomic mass is 32.1. The summed E-state index contributed by atoms with van der Waals surface area (Å²) in [4.78, 5) is 18.9. The summed E-state index contributed by atoms with van der Waals surface area (Å²) in [5.41, 5.74) is 8.61. The van der Waals surface area contributed by atoms with Crippen molar-refractivity contribution in [3.63, 3.8) is 0 Å². The maximum Gasteiger partial charge on any atom is 0.224 e. The number of carbonyl (C=O) groups excluding carboxylic acids is 1. The van der Waals surface area contributed by atoms with Crippen LogP contribution in [0.3, 0.4) is 0 Å². The standard InChI is InChI=1S/C31H33N5OS/c1-5-28(37)33-26-15-14-24(17-20(26)2)36-30(29(34-31(36)38)27-13-9-10-16-32-27)25-18-21(3)35(22(25)4)19-23-11-7-6-8-12-23/h6-18,29-30H,5,19H2,1-4H3,(H,33,37)(H,34,38)/t29-,30+/m0/s1. The molecule has 0 bridgehead atoms. The van der Waals surface area contributed by atoms with Crippen molar-refractivity contribution in [1.29, 1.82) is 0 Å². The normalized spacial score (nSPS) is 16.9. The molecule has 6 nitrogen and oxygen atoms in total. The van der Waals surface area contributed by atoms with E-state index in [2.05, 4.69) is 76.4 Å². The first-order valence-electron chi connectivity index (χ1n) is 13.0. The van der Waals surface area contributed by atoms with Crippen molar-refractivity contribution in [1.82, 2.24) is 14.9 Å². The van der Waals surface area contributed by atoms with Crippen LogP contribution >= 0.6 is 12.2 Å². The highest BCUT2D eigenvalue weighted by molar-refractivity contribution is 7.80. The molecule has 1 saturated heterocycles. The molecule has 1 amide bonds. The lowest BCUT2D eigenvalue weighted by molar-refractivity contribution is -0.115. The Balaban J connectivity index is 1.59. The highest BCUT2D eigenvalue weighted by Crippen LogP contribution is 2.44. The van der Waals surface area contributed by atoms with Gasteiger partial charge in [0.15, 0.2) is 5.11 Å². The lowest BCUT2D eigenvalue weighted by Gasteiger charge is -2.29. The third-order valence-electron chi connectivity index (χ3n) is 7.30. The summed E-state index contributed by atoms with van der Waals surface area (Å²) in [6, 6.07) is 24.7. The number of aromatic nitrogens is 2. The summed E-state index contributed by atoms with van der Waals surface area (Å²) in [6.07, 6.45) is 2.27. The number of hydrogen-bond acceptors (Lipinski definition) is 3. The van der Waals surface area contributed by atoms with Gasteiger partial charge in [0.2, 0.25) is 5.91 Å². The molecule has 2 N–H and O–H groups in total. The molecule has 7 heteroatoms. The summed E-state index contributed by atoms with van der Waals surface area (Å²) >= 11 is 5.94. The van der Waals surface area contributed by atoms with Crippen LogP contribution < -0.4 is 15.5 Å². The first-order valence-corrected chi connectivity index (χ1v) is 13.4. The molecule has 2 aromatic carbocycles. The number of aryl methyl sites for hydroxylation is 2. The number of amides is 1. The molecule has 1 aliphatic rings. The first kappa shape index (κ1) is 25.7. The Bertz CT molecular complexity index is 1460. The zero-order chi connectivity index (χ0) is 26.8.